The lowest BCUT2D eigenvalue weighted by molar-refractivity contribution is -0.107. The van der Waals surface area contributed by atoms with Crippen molar-refractivity contribution in [2.75, 3.05) is 0 Å². The first-order valence-electron chi connectivity index (χ1n) is 5.25. The summed E-state index contributed by atoms with van der Waals surface area (Å²) in [4.78, 5) is 11.0. The van der Waals surface area contributed by atoms with Crippen LogP contribution in [0.15, 0.2) is 42.5 Å². The molecule has 1 aliphatic heterocycles. The van der Waals surface area contributed by atoms with Gasteiger partial charge in [-0.3, -0.25) is 0 Å². The first kappa shape index (κ1) is 11.7. The van der Waals surface area contributed by atoms with E-state index < -0.39 is 4.21 Å². The summed E-state index contributed by atoms with van der Waals surface area (Å²) in [6.07, 6.45) is 5.56. The maximum atomic E-state index is 11.0. The Kier molecular flexibility index (Phi) is 3.13. The van der Waals surface area contributed by atoms with Crippen LogP contribution in [0.5, 0.6) is 0 Å². The predicted octanol–water partition coefficient (Wildman–Crippen LogP) is 3.73. The molecule has 0 radical (unpaired) electrons. The van der Waals surface area contributed by atoms with Crippen LogP contribution in [0.25, 0.3) is 0 Å². The molecule has 1 aromatic carbocycles. The number of hydrogen-bond donors (Lipinski definition) is 0. The molecular weight excluding hydrogens is 240 g/mol. The minimum Gasteiger partial charge on any atom is -0.300 e. The van der Waals surface area contributed by atoms with E-state index in [0.717, 1.165) is 12.7 Å². The third kappa shape index (κ3) is 1.92. The molecule has 1 heterocycles. The number of carbonyl (C=O) groups is 1. The molecule has 0 saturated heterocycles. The van der Waals surface area contributed by atoms with Crippen LogP contribution in [0.2, 0.25) is 0 Å². The van der Waals surface area contributed by atoms with Gasteiger partial charge in [0.05, 0.1) is 4.75 Å². The average Bonchev–Trinajstić information content (AvgIpc) is 2.71. The van der Waals surface area contributed by atoms with E-state index in [-0.39, 0.29) is 4.75 Å². The van der Waals surface area contributed by atoms with E-state index in [1.807, 2.05) is 18.2 Å². The summed E-state index contributed by atoms with van der Waals surface area (Å²) in [6, 6.07) is 10.2. The van der Waals surface area contributed by atoms with Crippen molar-refractivity contribution in [3.05, 3.63) is 48.0 Å². The fourth-order valence-corrected chi connectivity index (χ4v) is 3.68. The molecule has 0 bridgehead atoms. The lowest BCUT2D eigenvalue weighted by atomic mass is 9.95. The van der Waals surface area contributed by atoms with Gasteiger partial charge in [0, 0.05) is 0 Å². The van der Waals surface area contributed by atoms with Crippen molar-refractivity contribution in [2.45, 2.75) is 22.3 Å². The average molecular weight is 253 g/mol. The van der Waals surface area contributed by atoms with Gasteiger partial charge in [-0.15, -0.1) is 11.8 Å². The molecule has 0 aromatic heterocycles. The highest BCUT2D eigenvalue weighted by Crippen LogP contribution is 2.54. The molecule has 2 atom stereocenters. The zero-order chi connectivity index (χ0) is 11.6. The number of halogens is 1. The van der Waals surface area contributed by atoms with Crippen molar-refractivity contribution in [3.8, 4) is 0 Å². The maximum absolute atomic E-state index is 11.0. The maximum Gasteiger partial charge on any atom is 0.164 e. The van der Waals surface area contributed by atoms with E-state index in [1.54, 1.807) is 6.08 Å². The molecule has 0 N–H and O–H groups in total. The first-order valence-corrected chi connectivity index (χ1v) is 6.45. The molecule has 84 valence electrons. The Morgan fingerprint density at radius 3 is 2.50 bits per heavy atom. The van der Waals surface area contributed by atoms with Crippen LogP contribution in [-0.2, 0) is 9.54 Å². The van der Waals surface area contributed by atoms with Crippen LogP contribution in [0.4, 0.5) is 0 Å². The number of benzene rings is 1. The standard InChI is InChI=1S/C13H13ClOS/c1-2-12(11-6-4-3-5-7-11)8-9-13(14,10-15)16-12/h3-10H,2H2,1H3. The highest BCUT2D eigenvalue weighted by atomic mass is 35.5. The van der Waals surface area contributed by atoms with Crippen molar-refractivity contribution in [1.82, 2.24) is 0 Å². The van der Waals surface area contributed by atoms with Gasteiger partial charge in [-0.2, -0.15) is 0 Å². The van der Waals surface area contributed by atoms with Crippen molar-refractivity contribution < 1.29 is 4.79 Å². The highest BCUT2D eigenvalue weighted by Gasteiger charge is 2.43. The second-order valence-corrected chi connectivity index (χ2v) is 6.32. The molecule has 0 amide bonds. The van der Waals surface area contributed by atoms with E-state index in [0.29, 0.717) is 0 Å². The second-order valence-electron chi connectivity index (χ2n) is 3.86. The van der Waals surface area contributed by atoms with Gasteiger partial charge < -0.3 is 4.79 Å². The lowest BCUT2D eigenvalue weighted by Gasteiger charge is -2.28. The molecule has 1 nitrogen and oxygen atoms in total. The van der Waals surface area contributed by atoms with Gasteiger partial charge in [0.25, 0.3) is 0 Å². The first-order chi connectivity index (χ1) is 7.64. The molecule has 2 rings (SSSR count). The number of aldehydes is 1. The number of hydrogen-bond acceptors (Lipinski definition) is 2. The Bertz CT molecular complexity index is 417. The molecule has 1 aliphatic rings. The van der Waals surface area contributed by atoms with Crippen molar-refractivity contribution in [3.63, 3.8) is 0 Å². The Hall–Kier alpha value is -0.730. The summed E-state index contributed by atoms with van der Waals surface area (Å²) in [7, 11) is 0. The minimum absolute atomic E-state index is 0.163. The molecule has 2 unspecified atom stereocenters. The van der Waals surface area contributed by atoms with Crippen LogP contribution in [0, 0.1) is 0 Å². The fourth-order valence-electron chi connectivity index (χ4n) is 1.93. The predicted molar refractivity (Wildman–Crippen MR) is 69.8 cm³/mol. The molecule has 16 heavy (non-hydrogen) atoms. The van der Waals surface area contributed by atoms with Gasteiger partial charge in [0.15, 0.2) is 10.5 Å². The summed E-state index contributed by atoms with van der Waals surface area (Å²) in [6.45, 7) is 2.11. The fraction of sp³-hybridized carbons (Fsp3) is 0.308. The largest absolute Gasteiger partial charge is 0.300 e. The van der Waals surface area contributed by atoms with Gasteiger partial charge >= 0.3 is 0 Å². The summed E-state index contributed by atoms with van der Waals surface area (Å²) in [5.74, 6) is 0. The Morgan fingerprint density at radius 2 is 2.00 bits per heavy atom. The Labute approximate surface area is 105 Å². The number of rotatable bonds is 3. The molecule has 0 aliphatic carbocycles. The van der Waals surface area contributed by atoms with Crippen molar-refractivity contribution >= 4 is 29.6 Å². The number of thioether (sulfide) groups is 1. The molecule has 1 aromatic rings. The smallest absolute Gasteiger partial charge is 0.164 e. The molecule has 0 fully saturated rings. The summed E-state index contributed by atoms with van der Waals surface area (Å²) in [5, 5.41) is 0. The molecule has 3 heteroatoms. The van der Waals surface area contributed by atoms with Gasteiger partial charge in [-0.25, -0.2) is 0 Å². The lowest BCUT2D eigenvalue weighted by Crippen LogP contribution is -2.21. The third-order valence-corrected chi connectivity index (χ3v) is 4.88. The summed E-state index contributed by atoms with van der Waals surface area (Å²) >= 11 is 7.68. The van der Waals surface area contributed by atoms with Crippen LogP contribution in [0.1, 0.15) is 18.9 Å². The van der Waals surface area contributed by atoms with E-state index in [4.69, 9.17) is 11.6 Å². The topological polar surface area (TPSA) is 17.1 Å². The normalized spacial score (nSPS) is 32.9. The Balaban J connectivity index is 2.38. The SMILES string of the molecule is CCC1(c2ccccc2)C=CC(Cl)(C=O)S1. The number of alkyl halides is 1. The monoisotopic (exact) mass is 252 g/mol. The molecule has 0 spiro atoms. The Morgan fingerprint density at radius 1 is 1.31 bits per heavy atom. The van der Waals surface area contributed by atoms with Crippen LogP contribution >= 0.6 is 23.4 Å². The highest BCUT2D eigenvalue weighted by molar-refractivity contribution is 8.04. The van der Waals surface area contributed by atoms with E-state index in [9.17, 15) is 4.79 Å². The van der Waals surface area contributed by atoms with Crippen LogP contribution in [-0.4, -0.2) is 10.5 Å². The van der Waals surface area contributed by atoms with E-state index >= 15 is 0 Å². The summed E-state index contributed by atoms with van der Waals surface area (Å²) in [5.41, 5.74) is 1.20. The van der Waals surface area contributed by atoms with Gasteiger partial charge in [-0.05, 0) is 18.1 Å². The quantitative estimate of drug-likeness (QED) is 0.463. The third-order valence-electron chi connectivity index (χ3n) is 2.87. The van der Waals surface area contributed by atoms with Gasteiger partial charge in [-0.1, -0.05) is 54.9 Å². The van der Waals surface area contributed by atoms with E-state index in [2.05, 4.69) is 25.1 Å². The van der Waals surface area contributed by atoms with E-state index in [1.165, 1.54) is 17.3 Å². The van der Waals surface area contributed by atoms with Gasteiger partial charge in [0.1, 0.15) is 0 Å². The molecule has 0 saturated carbocycles. The van der Waals surface area contributed by atoms with Crippen molar-refractivity contribution in [1.29, 1.82) is 0 Å². The molecular formula is C13H13ClOS. The zero-order valence-corrected chi connectivity index (χ0v) is 10.6. The van der Waals surface area contributed by atoms with Crippen molar-refractivity contribution in [2.24, 2.45) is 0 Å². The zero-order valence-electron chi connectivity index (χ0n) is 9.02. The van der Waals surface area contributed by atoms with Gasteiger partial charge in [0.2, 0.25) is 0 Å². The summed E-state index contributed by atoms with van der Waals surface area (Å²) < 4.78 is -1.06. The second kappa shape index (κ2) is 4.27. The number of carbonyl (C=O) groups excluding carboxylic acids is 1. The minimum atomic E-state index is -0.897. The van der Waals surface area contributed by atoms with Crippen LogP contribution in [0.3, 0.4) is 0 Å². The van der Waals surface area contributed by atoms with Crippen LogP contribution < -0.4 is 0 Å².